The van der Waals surface area contributed by atoms with Gasteiger partial charge in [0, 0.05) is 19.3 Å². The minimum Gasteiger partial charge on any atom is -0.396 e. The van der Waals surface area contributed by atoms with Crippen molar-refractivity contribution in [3.05, 3.63) is 35.8 Å². The number of fused-ring (bicyclic) bond motifs is 1. The second kappa shape index (κ2) is 5.78. The number of hydrogen-bond acceptors (Lipinski definition) is 3. The van der Waals surface area contributed by atoms with E-state index in [9.17, 15) is 5.11 Å². The van der Waals surface area contributed by atoms with E-state index in [1.54, 1.807) is 0 Å². The molecule has 0 aliphatic carbocycles. The molecule has 4 heteroatoms. The van der Waals surface area contributed by atoms with E-state index in [0.29, 0.717) is 6.61 Å². The quantitative estimate of drug-likeness (QED) is 0.940. The fourth-order valence-electron chi connectivity index (χ4n) is 3.29. The summed E-state index contributed by atoms with van der Waals surface area (Å²) in [7, 11) is 0. The monoisotopic (exact) mass is 287 g/mol. The molecule has 1 fully saturated rings. The lowest BCUT2D eigenvalue weighted by atomic mass is 9.77. The predicted molar refractivity (Wildman–Crippen MR) is 84.2 cm³/mol. The smallest absolute Gasteiger partial charge is 0.137 e. The number of nitrogens with zero attached hydrogens (tertiary/aromatic N) is 3. The van der Waals surface area contributed by atoms with E-state index < -0.39 is 0 Å². The molecule has 0 bridgehead atoms. The molecule has 0 saturated carbocycles. The molecule has 3 rings (SSSR count). The van der Waals surface area contributed by atoms with E-state index in [4.69, 9.17) is 0 Å². The van der Waals surface area contributed by atoms with Crippen molar-refractivity contribution in [2.24, 2.45) is 5.41 Å². The molecule has 0 amide bonds. The van der Waals surface area contributed by atoms with Gasteiger partial charge in [0.05, 0.1) is 11.9 Å². The van der Waals surface area contributed by atoms with Gasteiger partial charge in [0.1, 0.15) is 5.65 Å². The van der Waals surface area contributed by atoms with Crippen LogP contribution in [0.3, 0.4) is 0 Å². The Hall–Kier alpha value is -1.39. The summed E-state index contributed by atoms with van der Waals surface area (Å²) in [6.45, 7) is 7.68. The Bertz CT molecular complexity index is 606. The summed E-state index contributed by atoms with van der Waals surface area (Å²) < 4.78 is 2.18. The number of imidazole rings is 1. The molecule has 0 unspecified atom stereocenters. The molecule has 114 valence electrons. The number of likely N-dealkylation sites (tertiary alicyclic amines) is 1. The largest absolute Gasteiger partial charge is 0.396 e. The second-order valence-electron chi connectivity index (χ2n) is 6.47. The molecule has 1 aliphatic rings. The Labute approximate surface area is 126 Å². The van der Waals surface area contributed by atoms with E-state index in [-0.39, 0.29) is 5.41 Å². The van der Waals surface area contributed by atoms with Gasteiger partial charge in [0.2, 0.25) is 0 Å². The Kier molecular flexibility index (Phi) is 4.00. The van der Waals surface area contributed by atoms with Crippen LogP contribution in [0.5, 0.6) is 0 Å². The van der Waals surface area contributed by atoms with Gasteiger partial charge in [-0.1, -0.05) is 6.92 Å². The van der Waals surface area contributed by atoms with E-state index in [1.165, 1.54) is 11.3 Å². The van der Waals surface area contributed by atoms with Crippen molar-refractivity contribution in [2.75, 3.05) is 19.7 Å². The number of aryl methyl sites for hydroxylation is 1. The van der Waals surface area contributed by atoms with E-state index in [0.717, 1.165) is 44.5 Å². The van der Waals surface area contributed by atoms with Crippen LogP contribution in [0.4, 0.5) is 0 Å². The van der Waals surface area contributed by atoms with Crippen molar-refractivity contribution in [1.29, 1.82) is 0 Å². The second-order valence-corrected chi connectivity index (χ2v) is 6.47. The summed E-state index contributed by atoms with van der Waals surface area (Å²) in [6.07, 6.45) is 7.36. The molecule has 4 nitrogen and oxygen atoms in total. The van der Waals surface area contributed by atoms with Gasteiger partial charge in [-0.3, -0.25) is 4.90 Å². The van der Waals surface area contributed by atoms with Gasteiger partial charge >= 0.3 is 0 Å². The number of piperidine rings is 1. The minimum atomic E-state index is 0.160. The summed E-state index contributed by atoms with van der Waals surface area (Å²) in [5, 5.41) is 9.62. The number of rotatable bonds is 4. The molecule has 1 saturated heterocycles. The number of hydrogen-bond donors (Lipinski definition) is 1. The minimum absolute atomic E-state index is 0.160. The highest BCUT2D eigenvalue weighted by Gasteiger charge is 2.32. The maximum atomic E-state index is 9.62. The molecule has 2 aromatic heterocycles. The van der Waals surface area contributed by atoms with Crippen LogP contribution < -0.4 is 0 Å². The fraction of sp³-hybridized carbons (Fsp3) is 0.588. The standard InChI is InChI=1S/C17H25N3O/c1-3-17(13-21)5-8-19(9-6-17)12-15-11-18-16-10-14(2)4-7-20(15)16/h4,7,10-11,21H,3,5-6,8-9,12-13H2,1-2H3. The van der Waals surface area contributed by atoms with Crippen molar-refractivity contribution in [2.45, 2.75) is 39.7 Å². The molecule has 1 aliphatic heterocycles. The zero-order chi connectivity index (χ0) is 14.9. The van der Waals surface area contributed by atoms with Crippen molar-refractivity contribution in [3.8, 4) is 0 Å². The van der Waals surface area contributed by atoms with Gasteiger partial charge in [-0.15, -0.1) is 0 Å². The van der Waals surface area contributed by atoms with Crippen LogP contribution in [-0.4, -0.2) is 39.1 Å². The molecule has 3 heterocycles. The van der Waals surface area contributed by atoms with Gasteiger partial charge in [-0.25, -0.2) is 4.98 Å². The number of aliphatic hydroxyl groups is 1. The lowest BCUT2D eigenvalue weighted by Gasteiger charge is -2.40. The molecular formula is C17H25N3O. The zero-order valence-corrected chi connectivity index (χ0v) is 13.0. The first-order valence-corrected chi connectivity index (χ1v) is 7.92. The maximum absolute atomic E-state index is 9.62. The lowest BCUT2D eigenvalue weighted by Crippen LogP contribution is -2.41. The summed E-state index contributed by atoms with van der Waals surface area (Å²) in [5.74, 6) is 0. The van der Waals surface area contributed by atoms with E-state index >= 15 is 0 Å². The Morgan fingerprint density at radius 2 is 2.10 bits per heavy atom. The average molecular weight is 287 g/mol. The van der Waals surface area contributed by atoms with Gasteiger partial charge in [0.25, 0.3) is 0 Å². The Balaban J connectivity index is 1.70. The third kappa shape index (κ3) is 2.83. The van der Waals surface area contributed by atoms with Gasteiger partial charge in [-0.05, 0) is 62.4 Å². The van der Waals surface area contributed by atoms with Crippen LogP contribution in [-0.2, 0) is 6.54 Å². The molecule has 21 heavy (non-hydrogen) atoms. The highest BCUT2D eigenvalue weighted by molar-refractivity contribution is 5.42. The van der Waals surface area contributed by atoms with Crippen molar-refractivity contribution < 1.29 is 5.11 Å². The number of aromatic nitrogens is 2. The fourth-order valence-corrected chi connectivity index (χ4v) is 3.29. The molecular weight excluding hydrogens is 262 g/mol. The predicted octanol–water partition coefficient (Wildman–Crippen LogP) is 2.63. The zero-order valence-electron chi connectivity index (χ0n) is 13.0. The molecule has 1 N–H and O–H groups in total. The van der Waals surface area contributed by atoms with Crippen LogP contribution >= 0.6 is 0 Å². The van der Waals surface area contributed by atoms with Gasteiger partial charge < -0.3 is 9.51 Å². The summed E-state index contributed by atoms with van der Waals surface area (Å²) in [4.78, 5) is 6.98. The number of aliphatic hydroxyl groups excluding tert-OH is 1. The summed E-state index contributed by atoms with van der Waals surface area (Å²) in [5.41, 5.74) is 3.68. The van der Waals surface area contributed by atoms with Gasteiger partial charge in [-0.2, -0.15) is 0 Å². The normalized spacial score (nSPS) is 19.2. The summed E-state index contributed by atoms with van der Waals surface area (Å²) >= 11 is 0. The molecule has 0 aromatic carbocycles. The first-order chi connectivity index (χ1) is 10.2. The van der Waals surface area contributed by atoms with E-state index in [2.05, 4.69) is 46.5 Å². The van der Waals surface area contributed by atoms with Crippen LogP contribution in [0.15, 0.2) is 24.5 Å². The van der Waals surface area contributed by atoms with Gasteiger partial charge in [0.15, 0.2) is 0 Å². The molecule has 0 radical (unpaired) electrons. The highest BCUT2D eigenvalue weighted by atomic mass is 16.3. The summed E-state index contributed by atoms with van der Waals surface area (Å²) in [6, 6.07) is 4.25. The SMILES string of the molecule is CCC1(CO)CCN(Cc2cnc3cc(C)ccn23)CC1. The first-order valence-electron chi connectivity index (χ1n) is 7.92. The first kappa shape index (κ1) is 14.5. The topological polar surface area (TPSA) is 40.8 Å². The highest BCUT2D eigenvalue weighted by Crippen LogP contribution is 2.34. The Morgan fingerprint density at radius 3 is 2.76 bits per heavy atom. The molecule has 0 atom stereocenters. The van der Waals surface area contributed by atoms with Crippen molar-refractivity contribution in [3.63, 3.8) is 0 Å². The Morgan fingerprint density at radius 1 is 1.33 bits per heavy atom. The third-order valence-electron chi connectivity index (χ3n) is 5.13. The van der Waals surface area contributed by atoms with Crippen molar-refractivity contribution >= 4 is 5.65 Å². The maximum Gasteiger partial charge on any atom is 0.137 e. The van der Waals surface area contributed by atoms with Crippen molar-refractivity contribution in [1.82, 2.24) is 14.3 Å². The van der Waals surface area contributed by atoms with E-state index in [1.807, 2.05) is 6.20 Å². The number of pyridine rings is 1. The molecule has 0 spiro atoms. The average Bonchev–Trinajstić information content (AvgIpc) is 2.90. The van der Waals surface area contributed by atoms with Crippen LogP contribution in [0.25, 0.3) is 5.65 Å². The molecule has 2 aromatic rings. The lowest BCUT2D eigenvalue weighted by molar-refractivity contribution is 0.0377. The van der Waals surface area contributed by atoms with Crippen LogP contribution in [0, 0.1) is 12.3 Å². The third-order valence-corrected chi connectivity index (χ3v) is 5.13. The van der Waals surface area contributed by atoms with Crippen LogP contribution in [0.2, 0.25) is 0 Å². The van der Waals surface area contributed by atoms with Crippen LogP contribution in [0.1, 0.15) is 37.4 Å².